The van der Waals surface area contributed by atoms with Gasteiger partial charge in [0.2, 0.25) is 0 Å². The first-order valence-electron chi connectivity index (χ1n) is 8.93. The number of thiazole rings is 1. The molecule has 0 bridgehead atoms. The maximum absolute atomic E-state index is 12.9. The van der Waals surface area contributed by atoms with E-state index >= 15 is 0 Å². The monoisotopic (exact) mass is 530 g/mol. The molecule has 31 heavy (non-hydrogen) atoms. The summed E-state index contributed by atoms with van der Waals surface area (Å²) >= 11 is 26.0. The zero-order chi connectivity index (χ0) is 22.3. The van der Waals surface area contributed by atoms with E-state index in [0.29, 0.717) is 32.7 Å². The van der Waals surface area contributed by atoms with E-state index in [0.717, 1.165) is 20.8 Å². The maximum Gasteiger partial charge on any atom is 0.263 e. The van der Waals surface area contributed by atoms with Crippen LogP contribution in [0.4, 0.5) is 5.69 Å². The van der Waals surface area contributed by atoms with E-state index < -0.39 is 10.0 Å². The van der Waals surface area contributed by atoms with Crippen LogP contribution in [-0.4, -0.2) is 13.4 Å². The first kappa shape index (κ1) is 22.6. The minimum atomic E-state index is -3.94. The second kappa shape index (κ2) is 8.77. The molecule has 0 saturated heterocycles. The van der Waals surface area contributed by atoms with Gasteiger partial charge in [-0.3, -0.25) is 4.72 Å². The highest BCUT2D eigenvalue weighted by molar-refractivity contribution is 7.92. The smallest absolute Gasteiger partial charge is 0.263 e. The fraction of sp³-hybridized carbons (Fsp3) is 0.0952. The normalized spacial score (nSPS) is 11.8. The van der Waals surface area contributed by atoms with Gasteiger partial charge in [-0.15, -0.1) is 11.3 Å². The molecule has 0 atom stereocenters. The summed E-state index contributed by atoms with van der Waals surface area (Å²) in [7, 11) is -3.94. The lowest BCUT2D eigenvalue weighted by Crippen LogP contribution is -2.14. The van der Waals surface area contributed by atoms with Crippen molar-refractivity contribution in [2.75, 3.05) is 4.72 Å². The first-order valence-corrected chi connectivity index (χ1v) is 12.7. The molecule has 4 rings (SSSR count). The van der Waals surface area contributed by atoms with Crippen molar-refractivity contribution in [3.8, 4) is 0 Å². The number of nitrogens with zero attached hydrogens (tertiary/aromatic N) is 1. The summed E-state index contributed by atoms with van der Waals surface area (Å²) in [6.45, 7) is 1.71. The van der Waals surface area contributed by atoms with Crippen LogP contribution in [0.3, 0.4) is 0 Å². The Balaban J connectivity index is 1.63. The molecule has 0 aliphatic rings. The molecule has 0 aliphatic carbocycles. The highest BCUT2D eigenvalue weighted by Gasteiger charge is 2.20. The van der Waals surface area contributed by atoms with Gasteiger partial charge in [0.25, 0.3) is 10.0 Å². The molecule has 0 amide bonds. The molecule has 4 aromatic rings. The molecule has 0 unspecified atom stereocenters. The molecule has 10 heteroatoms. The standard InChI is InChI=1S/C21H14Cl4N2O2S2/c1-11-4-20(17(25)10-16(11)24)31(28,29)27-15-6-12(5-14(23)8-15)7-21-26-18-9-13(22)2-3-19(18)30-21/h2-6,8-10,27H,7H2,1H3. The van der Waals surface area contributed by atoms with Crippen LogP contribution in [0, 0.1) is 6.92 Å². The van der Waals surface area contributed by atoms with Crippen LogP contribution < -0.4 is 4.72 Å². The number of nitrogens with one attached hydrogen (secondary N) is 1. The van der Waals surface area contributed by atoms with Gasteiger partial charge in [-0.1, -0.05) is 46.4 Å². The number of hydrogen-bond donors (Lipinski definition) is 1. The van der Waals surface area contributed by atoms with E-state index in [4.69, 9.17) is 46.4 Å². The second-order valence-corrected chi connectivity index (χ2v) is 11.3. The fourth-order valence-corrected chi connectivity index (χ4v) is 6.34. The van der Waals surface area contributed by atoms with Crippen molar-refractivity contribution >= 4 is 83.7 Å². The number of fused-ring (bicyclic) bond motifs is 1. The molecule has 1 aromatic heterocycles. The minimum Gasteiger partial charge on any atom is -0.280 e. The van der Waals surface area contributed by atoms with E-state index in [1.165, 1.54) is 18.2 Å². The lowest BCUT2D eigenvalue weighted by atomic mass is 10.1. The van der Waals surface area contributed by atoms with E-state index in [1.807, 2.05) is 18.2 Å². The Kier molecular flexibility index (Phi) is 6.41. The molecule has 160 valence electrons. The number of aromatic nitrogens is 1. The third-order valence-electron chi connectivity index (χ3n) is 4.46. The Morgan fingerprint density at radius 3 is 2.48 bits per heavy atom. The van der Waals surface area contributed by atoms with Crippen LogP contribution in [0.1, 0.15) is 16.1 Å². The third kappa shape index (κ3) is 5.11. The van der Waals surface area contributed by atoms with Gasteiger partial charge in [0, 0.05) is 21.5 Å². The average Bonchev–Trinajstić information content (AvgIpc) is 3.04. The number of halogens is 4. The number of benzene rings is 3. The summed E-state index contributed by atoms with van der Waals surface area (Å²) in [4.78, 5) is 4.55. The van der Waals surface area contributed by atoms with Crippen LogP contribution in [0.2, 0.25) is 20.1 Å². The molecule has 0 radical (unpaired) electrons. The van der Waals surface area contributed by atoms with Gasteiger partial charge in [0.15, 0.2) is 0 Å². The number of sulfonamides is 1. The van der Waals surface area contributed by atoms with Crippen molar-refractivity contribution < 1.29 is 8.42 Å². The number of anilines is 1. The molecule has 3 aromatic carbocycles. The molecule has 0 saturated carbocycles. The van der Waals surface area contributed by atoms with Gasteiger partial charge in [0.1, 0.15) is 4.90 Å². The van der Waals surface area contributed by atoms with Crippen LogP contribution in [0.5, 0.6) is 0 Å². The number of aryl methyl sites for hydroxylation is 1. The lowest BCUT2D eigenvalue weighted by Gasteiger charge is -2.12. The van der Waals surface area contributed by atoms with Crippen molar-refractivity contribution in [2.24, 2.45) is 0 Å². The van der Waals surface area contributed by atoms with E-state index in [1.54, 1.807) is 30.4 Å². The zero-order valence-corrected chi connectivity index (χ0v) is 20.6. The van der Waals surface area contributed by atoms with Crippen LogP contribution >= 0.6 is 57.7 Å². The Labute approximate surface area is 203 Å². The largest absolute Gasteiger partial charge is 0.280 e. The van der Waals surface area contributed by atoms with E-state index in [9.17, 15) is 8.42 Å². The molecule has 0 fully saturated rings. The molecular formula is C21H14Cl4N2O2S2. The van der Waals surface area contributed by atoms with Crippen molar-refractivity contribution in [2.45, 2.75) is 18.2 Å². The first-order chi connectivity index (χ1) is 14.6. The average molecular weight is 532 g/mol. The van der Waals surface area contributed by atoms with Gasteiger partial charge >= 0.3 is 0 Å². The lowest BCUT2D eigenvalue weighted by molar-refractivity contribution is 0.601. The molecule has 4 nitrogen and oxygen atoms in total. The molecule has 1 N–H and O–H groups in total. The van der Waals surface area contributed by atoms with Crippen LogP contribution in [0.25, 0.3) is 10.2 Å². The summed E-state index contributed by atoms with van der Waals surface area (Å²) in [5.41, 5.74) is 2.57. The Bertz CT molecular complexity index is 1420. The molecule has 0 aliphatic heterocycles. The zero-order valence-electron chi connectivity index (χ0n) is 15.9. The molecular weight excluding hydrogens is 518 g/mol. The fourth-order valence-electron chi connectivity index (χ4n) is 3.06. The van der Waals surface area contributed by atoms with Crippen molar-refractivity contribution in [3.05, 3.63) is 84.8 Å². The predicted octanol–water partition coefficient (Wildman–Crippen LogP) is 7.61. The minimum absolute atomic E-state index is 0.0403. The van der Waals surface area contributed by atoms with E-state index in [-0.39, 0.29) is 9.92 Å². The van der Waals surface area contributed by atoms with Gasteiger partial charge < -0.3 is 0 Å². The summed E-state index contributed by atoms with van der Waals surface area (Å²) in [6.07, 6.45) is 0.493. The molecule has 0 spiro atoms. The molecule has 1 heterocycles. The second-order valence-electron chi connectivity index (χ2n) is 6.88. The van der Waals surface area contributed by atoms with Crippen molar-refractivity contribution in [3.63, 3.8) is 0 Å². The quantitative estimate of drug-likeness (QED) is 0.288. The Morgan fingerprint density at radius 1 is 0.935 bits per heavy atom. The number of hydrogen-bond acceptors (Lipinski definition) is 4. The van der Waals surface area contributed by atoms with Crippen molar-refractivity contribution in [1.29, 1.82) is 0 Å². The van der Waals surface area contributed by atoms with E-state index in [2.05, 4.69) is 9.71 Å². The SMILES string of the molecule is Cc1cc(S(=O)(=O)Nc2cc(Cl)cc(Cc3nc4cc(Cl)ccc4s3)c2)c(Cl)cc1Cl. The van der Waals surface area contributed by atoms with Crippen molar-refractivity contribution in [1.82, 2.24) is 4.98 Å². The topological polar surface area (TPSA) is 59.1 Å². The maximum atomic E-state index is 12.9. The third-order valence-corrected chi connectivity index (χ3v) is 8.20. The Hall–Kier alpha value is -1.54. The predicted molar refractivity (Wildman–Crippen MR) is 131 cm³/mol. The highest BCUT2D eigenvalue weighted by Crippen LogP contribution is 2.31. The van der Waals surface area contributed by atoms with Crippen LogP contribution in [0.15, 0.2) is 53.4 Å². The summed E-state index contributed by atoms with van der Waals surface area (Å²) in [5.74, 6) is 0. The summed E-state index contributed by atoms with van der Waals surface area (Å²) < 4.78 is 29.4. The van der Waals surface area contributed by atoms with Crippen LogP contribution in [-0.2, 0) is 16.4 Å². The van der Waals surface area contributed by atoms with Gasteiger partial charge in [0.05, 0.1) is 25.9 Å². The van der Waals surface area contributed by atoms with Gasteiger partial charge in [-0.2, -0.15) is 0 Å². The summed E-state index contributed by atoms with van der Waals surface area (Å²) in [5, 5.41) is 2.33. The Morgan fingerprint density at radius 2 is 1.71 bits per heavy atom. The highest BCUT2D eigenvalue weighted by atomic mass is 35.5. The number of rotatable bonds is 5. The van der Waals surface area contributed by atoms with Gasteiger partial charge in [-0.25, -0.2) is 13.4 Å². The van der Waals surface area contributed by atoms with Gasteiger partial charge in [-0.05, 0) is 66.6 Å². The summed E-state index contributed by atoms with van der Waals surface area (Å²) in [6, 6.07) is 13.4.